The fourth-order valence-corrected chi connectivity index (χ4v) is 2.03. The van der Waals surface area contributed by atoms with Crippen molar-refractivity contribution in [2.75, 3.05) is 31.2 Å². The molecule has 1 aliphatic heterocycles. The van der Waals surface area contributed by atoms with Crippen LogP contribution in [-0.4, -0.2) is 37.3 Å². The van der Waals surface area contributed by atoms with Gasteiger partial charge in [0.25, 0.3) is 0 Å². The number of rotatable bonds is 4. The molecule has 1 aromatic rings. The number of aromatic nitrogens is 1. The van der Waals surface area contributed by atoms with Crippen LogP contribution < -0.4 is 10.2 Å². The monoisotopic (exact) mass is 235 g/mol. The normalized spacial score (nSPS) is 20.6. The van der Waals surface area contributed by atoms with Gasteiger partial charge in [-0.25, -0.2) is 4.98 Å². The molecule has 0 spiro atoms. The number of morpholine rings is 1. The molecule has 1 atom stereocenters. The molecule has 1 fully saturated rings. The quantitative estimate of drug-likeness (QED) is 0.856. The second-order valence-electron chi connectivity index (χ2n) is 4.42. The SMILES string of the molecule is CCNCc1ccc(N2CCOCC2C)nc1. The van der Waals surface area contributed by atoms with Gasteiger partial charge in [0.15, 0.2) is 0 Å². The predicted molar refractivity (Wildman–Crippen MR) is 69.2 cm³/mol. The topological polar surface area (TPSA) is 37.4 Å². The van der Waals surface area contributed by atoms with Crippen molar-refractivity contribution in [3.05, 3.63) is 23.9 Å². The fourth-order valence-electron chi connectivity index (χ4n) is 2.03. The first kappa shape index (κ1) is 12.3. The van der Waals surface area contributed by atoms with Gasteiger partial charge >= 0.3 is 0 Å². The van der Waals surface area contributed by atoms with Gasteiger partial charge in [0.05, 0.1) is 19.3 Å². The summed E-state index contributed by atoms with van der Waals surface area (Å²) in [6, 6.07) is 4.66. The smallest absolute Gasteiger partial charge is 0.128 e. The van der Waals surface area contributed by atoms with Gasteiger partial charge in [-0.15, -0.1) is 0 Å². The van der Waals surface area contributed by atoms with Gasteiger partial charge < -0.3 is 15.0 Å². The van der Waals surface area contributed by atoms with E-state index in [1.165, 1.54) is 5.56 Å². The summed E-state index contributed by atoms with van der Waals surface area (Å²) < 4.78 is 5.43. The minimum Gasteiger partial charge on any atom is -0.377 e. The highest BCUT2D eigenvalue weighted by molar-refractivity contribution is 5.40. The summed E-state index contributed by atoms with van der Waals surface area (Å²) in [5.74, 6) is 1.06. The molecule has 4 heteroatoms. The highest BCUT2D eigenvalue weighted by atomic mass is 16.5. The average Bonchev–Trinajstić information content (AvgIpc) is 2.38. The Labute approximate surface area is 103 Å². The van der Waals surface area contributed by atoms with Crippen LogP contribution in [0.15, 0.2) is 18.3 Å². The highest BCUT2D eigenvalue weighted by Crippen LogP contribution is 2.17. The number of nitrogens with zero attached hydrogens (tertiary/aromatic N) is 2. The zero-order valence-corrected chi connectivity index (χ0v) is 10.6. The summed E-state index contributed by atoms with van der Waals surface area (Å²) in [5, 5.41) is 3.30. The molecule has 0 saturated carbocycles. The number of hydrogen-bond donors (Lipinski definition) is 1. The maximum atomic E-state index is 5.43. The van der Waals surface area contributed by atoms with Crippen LogP contribution in [0, 0.1) is 0 Å². The van der Waals surface area contributed by atoms with Crippen LogP contribution in [0.25, 0.3) is 0 Å². The van der Waals surface area contributed by atoms with E-state index in [-0.39, 0.29) is 0 Å². The molecule has 0 aliphatic carbocycles. The molecule has 2 rings (SSSR count). The Kier molecular flexibility index (Phi) is 4.34. The molecule has 0 radical (unpaired) electrons. The zero-order valence-electron chi connectivity index (χ0n) is 10.6. The van der Waals surface area contributed by atoms with E-state index in [1.807, 2.05) is 6.20 Å². The molecule has 1 aliphatic rings. The highest BCUT2D eigenvalue weighted by Gasteiger charge is 2.19. The standard InChI is InChI=1S/C13H21N3O/c1-3-14-8-12-4-5-13(15-9-12)16-6-7-17-10-11(16)2/h4-5,9,11,14H,3,6-8,10H2,1-2H3. The van der Waals surface area contributed by atoms with Crippen molar-refractivity contribution in [2.24, 2.45) is 0 Å². The number of pyridine rings is 1. The minimum absolute atomic E-state index is 0.413. The molecular weight excluding hydrogens is 214 g/mol. The molecule has 2 heterocycles. The molecule has 1 N–H and O–H groups in total. The number of anilines is 1. The summed E-state index contributed by atoms with van der Waals surface area (Å²) in [6.45, 7) is 8.68. The van der Waals surface area contributed by atoms with Gasteiger partial charge in [-0.1, -0.05) is 13.0 Å². The van der Waals surface area contributed by atoms with Gasteiger partial charge in [-0.2, -0.15) is 0 Å². The van der Waals surface area contributed by atoms with Crippen molar-refractivity contribution < 1.29 is 4.74 Å². The Balaban J connectivity index is 2.01. The number of nitrogens with one attached hydrogen (secondary N) is 1. The summed E-state index contributed by atoms with van der Waals surface area (Å²) in [5.41, 5.74) is 1.23. The fraction of sp³-hybridized carbons (Fsp3) is 0.615. The molecule has 17 heavy (non-hydrogen) atoms. The first-order valence-corrected chi connectivity index (χ1v) is 6.31. The number of ether oxygens (including phenoxy) is 1. The summed E-state index contributed by atoms with van der Waals surface area (Å²) in [4.78, 5) is 6.84. The van der Waals surface area contributed by atoms with Gasteiger partial charge in [0, 0.05) is 19.3 Å². The lowest BCUT2D eigenvalue weighted by Gasteiger charge is -2.34. The van der Waals surface area contributed by atoms with E-state index < -0.39 is 0 Å². The Morgan fingerprint density at radius 1 is 1.53 bits per heavy atom. The first-order valence-electron chi connectivity index (χ1n) is 6.31. The van der Waals surface area contributed by atoms with E-state index >= 15 is 0 Å². The molecule has 0 amide bonds. The summed E-state index contributed by atoms with van der Waals surface area (Å²) >= 11 is 0. The van der Waals surface area contributed by atoms with Gasteiger partial charge in [-0.3, -0.25) is 0 Å². The molecule has 0 bridgehead atoms. The summed E-state index contributed by atoms with van der Waals surface area (Å²) in [6.07, 6.45) is 1.96. The Hall–Kier alpha value is -1.13. The third-order valence-electron chi connectivity index (χ3n) is 3.05. The van der Waals surface area contributed by atoms with Crippen LogP contribution in [0.4, 0.5) is 5.82 Å². The van der Waals surface area contributed by atoms with Crippen LogP contribution >= 0.6 is 0 Å². The average molecular weight is 235 g/mol. The zero-order chi connectivity index (χ0) is 12.1. The third-order valence-corrected chi connectivity index (χ3v) is 3.05. The van der Waals surface area contributed by atoms with Crippen LogP contribution in [-0.2, 0) is 11.3 Å². The van der Waals surface area contributed by atoms with Crippen LogP contribution in [0.3, 0.4) is 0 Å². The van der Waals surface area contributed by atoms with E-state index in [0.29, 0.717) is 6.04 Å². The van der Waals surface area contributed by atoms with Crippen molar-refractivity contribution in [3.8, 4) is 0 Å². The van der Waals surface area contributed by atoms with Crippen LogP contribution in [0.1, 0.15) is 19.4 Å². The Morgan fingerprint density at radius 2 is 2.41 bits per heavy atom. The molecule has 0 aromatic carbocycles. The van der Waals surface area contributed by atoms with Crippen molar-refractivity contribution in [1.82, 2.24) is 10.3 Å². The maximum absolute atomic E-state index is 5.43. The molecule has 1 aromatic heterocycles. The van der Waals surface area contributed by atoms with Crippen molar-refractivity contribution in [2.45, 2.75) is 26.4 Å². The van der Waals surface area contributed by atoms with E-state index in [9.17, 15) is 0 Å². The van der Waals surface area contributed by atoms with Gasteiger partial charge in [-0.05, 0) is 25.1 Å². The minimum atomic E-state index is 0.413. The summed E-state index contributed by atoms with van der Waals surface area (Å²) in [7, 11) is 0. The van der Waals surface area contributed by atoms with E-state index in [4.69, 9.17) is 4.74 Å². The lowest BCUT2D eigenvalue weighted by molar-refractivity contribution is 0.0985. The molecular formula is C13H21N3O. The Bertz CT molecular complexity index is 339. The van der Waals surface area contributed by atoms with Crippen molar-refractivity contribution in [3.63, 3.8) is 0 Å². The van der Waals surface area contributed by atoms with E-state index in [2.05, 4.69) is 41.2 Å². The van der Waals surface area contributed by atoms with Crippen LogP contribution in [0.5, 0.6) is 0 Å². The van der Waals surface area contributed by atoms with E-state index in [0.717, 1.165) is 38.7 Å². The molecule has 4 nitrogen and oxygen atoms in total. The lowest BCUT2D eigenvalue weighted by atomic mass is 10.2. The second kappa shape index (κ2) is 5.98. The lowest BCUT2D eigenvalue weighted by Crippen LogP contribution is -2.44. The van der Waals surface area contributed by atoms with Crippen molar-refractivity contribution in [1.29, 1.82) is 0 Å². The predicted octanol–water partition coefficient (Wildman–Crippen LogP) is 1.42. The third kappa shape index (κ3) is 3.17. The van der Waals surface area contributed by atoms with Crippen LogP contribution in [0.2, 0.25) is 0 Å². The number of hydrogen-bond acceptors (Lipinski definition) is 4. The largest absolute Gasteiger partial charge is 0.377 e. The first-order chi connectivity index (χ1) is 8.31. The van der Waals surface area contributed by atoms with Gasteiger partial charge in [0.2, 0.25) is 0 Å². The Morgan fingerprint density at radius 3 is 3.06 bits per heavy atom. The molecule has 1 unspecified atom stereocenters. The van der Waals surface area contributed by atoms with Gasteiger partial charge in [0.1, 0.15) is 5.82 Å². The molecule has 1 saturated heterocycles. The van der Waals surface area contributed by atoms with E-state index in [1.54, 1.807) is 0 Å². The van der Waals surface area contributed by atoms with Crippen molar-refractivity contribution >= 4 is 5.82 Å². The molecule has 94 valence electrons. The maximum Gasteiger partial charge on any atom is 0.128 e. The second-order valence-corrected chi connectivity index (χ2v) is 4.42.